The van der Waals surface area contributed by atoms with Crippen LogP contribution in [0.15, 0.2) is 0 Å². The molecule has 0 aromatic carbocycles. The molecule has 0 unspecified atom stereocenters. The lowest BCUT2D eigenvalue weighted by Gasteiger charge is -2.50. The number of nitrogens with zero attached hydrogens (tertiary/aromatic N) is 1. The van der Waals surface area contributed by atoms with Gasteiger partial charge >= 0.3 is 0 Å². The Bertz CT molecular complexity index is 136. The average molecular weight is 189 g/mol. The first-order valence-electron chi connectivity index (χ1n) is 4.31. The van der Waals surface area contributed by atoms with Crippen molar-refractivity contribution >= 4 is 25.3 Å². The van der Waals surface area contributed by atoms with Gasteiger partial charge in [0.2, 0.25) is 0 Å². The number of thiol groups is 2. The molecule has 64 valence electrons. The van der Waals surface area contributed by atoms with E-state index in [0.29, 0.717) is 10.00 Å². The van der Waals surface area contributed by atoms with E-state index in [1.165, 1.54) is 38.9 Å². The van der Waals surface area contributed by atoms with Crippen molar-refractivity contribution in [3.8, 4) is 0 Å². The Morgan fingerprint density at radius 1 is 1.00 bits per heavy atom. The maximum Gasteiger partial charge on any atom is 0.0499 e. The normalized spacial score (nSPS) is 43.4. The van der Waals surface area contributed by atoms with Crippen LogP contribution in [0.3, 0.4) is 0 Å². The highest BCUT2D eigenvalue weighted by Gasteiger charge is 2.42. The smallest absolute Gasteiger partial charge is 0.0499 e. The van der Waals surface area contributed by atoms with Crippen LogP contribution in [0.5, 0.6) is 0 Å². The first-order valence-corrected chi connectivity index (χ1v) is 5.35. The molecule has 0 atom stereocenters. The molecule has 3 aliphatic heterocycles. The maximum atomic E-state index is 4.48. The van der Waals surface area contributed by atoms with Crippen molar-refractivity contribution in [1.29, 1.82) is 0 Å². The third-order valence-corrected chi connectivity index (χ3v) is 4.42. The summed E-state index contributed by atoms with van der Waals surface area (Å²) in [4.78, 5) is 2.55. The van der Waals surface area contributed by atoms with E-state index >= 15 is 0 Å². The predicted molar refractivity (Wildman–Crippen MR) is 54.5 cm³/mol. The molecule has 0 N–H and O–H groups in total. The SMILES string of the molecule is SC(S)C12CCN(CC1)CC2. The second-order valence-corrected chi connectivity index (χ2v) is 5.27. The zero-order valence-electron chi connectivity index (χ0n) is 6.66. The lowest BCUT2D eigenvalue weighted by atomic mass is 9.73. The zero-order chi connectivity index (χ0) is 7.90. The molecule has 3 heterocycles. The van der Waals surface area contributed by atoms with Crippen molar-refractivity contribution in [2.75, 3.05) is 19.6 Å². The molecule has 1 nitrogen and oxygen atoms in total. The van der Waals surface area contributed by atoms with Gasteiger partial charge in [-0.3, -0.25) is 0 Å². The molecule has 0 spiro atoms. The van der Waals surface area contributed by atoms with Crippen LogP contribution >= 0.6 is 25.3 Å². The van der Waals surface area contributed by atoms with Gasteiger partial charge in [-0.25, -0.2) is 0 Å². The van der Waals surface area contributed by atoms with Crippen LogP contribution in [0.2, 0.25) is 0 Å². The first kappa shape index (κ1) is 8.27. The van der Waals surface area contributed by atoms with Gasteiger partial charge in [-0.2, -0.15) is 25.3 Å². The minimum atomic E-state index is 0.296. The molecule has 2 bridgehead atoms. The highest BCUT2D eigenvalue weighted by molar-refractivity contribution is 7.99. The summed E-state index contributed by atoms with van der Waals surface area (Å²) in [6.07, 6.45) is 3.93. The number of piperidine rings is 3. The summed E-state index contributed by atoms with van der Waals surface area (Å²) in [5, 5.41) is 0. The van der Waals surface area contributed by atoms with Crippen LogP contribution in [0, 0.1) is 5.41 Å². The van der Waals surface area contributed by atoms with Gasteiger partial charge in [-0.1, -0.05) is 0 Å². The second kappa shape index (κ2) is 2.86. The van der Waals surface area contributed by atoms with E-state index in [1.54, 1.807) is 0 Å². The molecule has 3 saturated heterocycles. The molecular weight excluding hydrogens is 174 g/mol. The Balaban J connectivity index is 2.12. The summed E-state index contributed by atoms with van der Waals surface area (Å²) in [5.74, 6) is 0. The van der Waals surface area contributed by atoms with Gasteiger partial charge in [0.1, 0.15) is 0 Å². The summed E-state index contributed by atoms with van der Waals surface area (Å²) in [5.41, 5.74) is 0.473. The quantitative estimate of drug-likeness (QED) is 0.469. The van der Waals surface area contributed by atoms with E-state index in [9.17, 15) is 0 Å². The number of fused-ring (bicyclic) bond motifs is 3. The lowest BCUT2D eigenvalue weighted by molar-refractivity contribution is 0.0392. The van der Waals surface area contributed by atoms with Crippen molar-refractivity contribution in [3.63, 3.8) is 0 Å². The number of rotatable bonds is 1. The molecule has 3 aliphatic rings. The van der Waals surface area contributed by atoms with Gasteiger partial charge in [0.25, 0.3) is 0 Å². The third-order valence-electron chi connectivity index (χ3n) is 3.33. The van der Waals surface area contributed by atoms with Gasteiger partial charge < -0.3 is 4.90 Å². The second-order valence-electron chi connectivity index (χ2n) is 3.83. The van der Waals surface area contributed by atoms with Crippen molar-refractivity contribution in [2.24, 2.45) is 5.41 Å². The van der Waals surface area contributed by atoms with Crippen LogP contribution in [0.25, 0.3) is 0 Å². The maximum absolute atomic E-state index is 4.48. The molecule has 0 radical (unpaired) electrons. The molecule has 0 saturated carbocycles. The fourth-order valence-corrected chi connectivity index (χ4v) is 3.01. The van der Waals surface area contributed by atoms with Crippen LogP contribution in [0.1, 0.15) is 19.3 Å². The molecule has 0 aliphatic carbocycles. The number of hydrogen-bond acceptors (Lipinski definition) is 3. The summed E-state index contributed by atoms with van der Waals surface area (Å²) < 4.78 is 0.296. The van der Waals surface area contributed by atoms with Gasteiger partial charge in [0.05, 0.1) is 0 Å². The van der Waals surface area contributed by atoms with Crippen molar-refractivity contribution < 1.29 is 0 Å². The van der Waals surface area contributed by atoms with Crippen LogP contribution in [-0.2, 0) is 0 Å². The van der Waals surface area contributed by atoms with E-state index in [0.717, 1.165) is 0 Å². The minimum Gasteiger partial charge on any atom is -0.303 e. The Morgan fingerprint density at radius 3 is 1.73 bits per heavy atom. The lowest BCUT2D eigenvalue weighted by Crippen LogP contribution is -2.50. The fourth-order valence-electron chi connectivity index (χ4n) is 2.24. The van der Waals surface area contributed by atoms with E-state index in [-0.39, 0.29) is 0 Å². The van der Waals surface area contributed by atoms with Gasteiger partial charge in [0.15, 0.2) is 0 Å². The molecular formula is C8H15NS2. The zero-order valence-corrected chi connectivity index (χ0v) is 8.45. The molecule has 0 amide bonds. The van der Waals surface area contributed by atoms with Gasteiger partial charge in [-0.05, 0) is 44.3 Å². The third kappa shape index (κ3) is 1.31. The first-order chi connectivity index (χ1) is 5.23. The van der Waals surface area contributed by atoms with E-state index < -0.39 is 0 Å². The molecule has 3 rings (SSSR count). The Kier molecular flexibility index (Phi) is 2.15. The van der Waals surface area contributed by atoms with E-state index in [4.69, 9.17) is 0 Å². The Hall–Kier alpha value is 0.660. The molecule has 11 heavy (non-hydrogen) atoms. The van der Waals surface area contributed by atoms with Crippen molar-refractivity contribution in [3.05, 3.63) is 0 Å². The monoisotopic (exact) mass is 189 g/mol. The van der Waals surface area contributed by atoms with E-state index in [2.05, 4.69) is 30.2 Å². The average Bonchev–Trinajstić information content (AvgIpc) is 2.08. The Morgan fingerprint density at radius 2 is 1.45 bits per heavy atom. The highest BCUT2D eigenvalue weighted by Crippen LogP contribution is 2.45. The summed E-state index contributed by atoms with van der Waals surface area (Å²) >= 11 is 8.95. The standard InChI is InChI=1S/C8H15NS2/c10-7(11)8-1-4-9(5-2-8)6-3-8/h7,10-11H,1-6H2. The minimum absolute atomic E-state index is 0.296. The van der Waals surface area contributed by atoms with Crippen LogP contribution < -0.4 is 0 Å². The summed E-state index contributed by atoms with van der Waals surface area (Å²) in [6, 6.07) is 0. The molecule has 0 aromatic heterocycles. The summed E-state index contributed by atoms with van der Waals surface area (Å²) in [6.45, 7) is 3.83. The fraction of sp³-hybridized carbons (Fsp3) is 1.00. The van der Waals surface area contributed by atoms with Crippen molar-refractivity contribution in [1.82, 2.24) is 4.90 Å². The molecule has 3 heteroatoms. The van der Waals surface area contributed by atoms with Crippen LogP contribution in [0.4, 0.5) is 0 Å². The topological polar surface area (TPSA) is 3.24 Å². The van der Waals surface area contributed by atoms with Gasteiger partial charge in [-0.15, -0.1) is 0 Å². The van der Waals surface area contributed by atoms with Gasteiger partial charge in [0, 0.05) is 4.58 Å². The van der Waals surface area contributed by atoms with Crippen molar-refractivity contribution in [2.45, 2.75) is 23.8 Å². The van der Waals surface area contributed by atoms with E-state index in [1.807, 2.05) is 0 Å². The summed E-state index contributed by atoms with van der Waals surface area (Å²) in [7, 11) is 0. The molecule has 0 aromatic rings. The van der Waals surface area contributed by atoms with Crippen LogP contribution in [-0.4, -0.2) is 29.1 Å². The highest BCUT2D eigenvalue weighted by atomic mass is 32.2. The largest absolute Gasteiger partial charge is 0.303 e. The Labute approximate surface area is 79.4 Å². The molecule has 3 fully saturated rings. The number of hydrogen-bond donors (Lipinski definition) is 2. The predicted octanol–water partition coefficient (Wildman–Crippen LogP) is 1.66.